The number of benzene rings is 1. The predicted octanol–water partition coefficient (Wildman–Crippen LogP) is 3.96. The van der Waals surface area contributed by atoms with Gasteiger partial charge < -0.3 is 5.73 Å². The molecule has 2 aromatic rings. The summed E-state index contributed by atoms with van der Waals surface area (Å²) in [6.45, 7) is 4.21. The summed E-state index contributed by atoms with van der Waals surface area (Å²) >= 11 is 3.47. The highest BCUT2D eigenvalue weighted by Crippen LogP contribution is 2.30. The number of aryl methyl sites for hydroxylation is 1. The Morgan fingerprint density at radius 2 is 2.00 bits per heavy atom. The lowest BCUT2D eigenvalue weighted by molar-refractivity contribution is 0.581. The zero-order valence-electron chi connectivity index (χ0n) is 10.6. The van der Waals surface area contributed by atoms with Gasteiger partial charge in [-0.25, -0.2) is 0 Å². The Hall–Kier alpha value is -1.19. The molecule has 0 aliphatic heterocycles. The summed E-state index contributed by atoms with van der Waals surface area (Å²) < 4.78 is 1.08. The third-order valence-corrected chi connectivity index (χ3v) is 3.78. The molecule has 94 valence electrons. The van der Waals surface area contributed by atoms with E-state index in [9.17, 15) is 0 Å². The molecule has 3 heteroatoms. The normalized spacial score (nSPS) is 14.2. The average molecular weight is 305 g/mol. The van der Waals surface area contributed by atoms with Crippen molar-refractivity contribution in [3.63, 3.8) is 0 Å². The largest absolute Gasteiger partial charge is 0.323 e. The van der Waals surface area contributed by atoms with Gasteiger partial charge in [-0.05, 0) is 42.3 Å². The van der Waals surface area contributed by atoms with Gasteiger partial charge in [0.25, 0.3) is 0 Å². The van der Waals surface area contributed by atoms with Crippen LogP contribution >= 0.6 is 15.9 Å². The first kappa shape index (κ1) is 13.2. The smallest absolute Gasteiger partial charge is 0.0450 e. The quantitative estimate of drug-likeness (QED) is 0.932. The summed E-state index contributed by atoms with van der Waals surface area (Å²) in [5.74, 6) is 0.200. The molecule has 18 heavy (non-hydrogen) atoms. The van der Waals surface area contributed by atoms with E-state index in [1.165, 1.54) is 11.1 Å². The van der Waals surface area contributed by atoms with E-state index < -0.39 is 0 Å². The fourth-order valence-corrected chi connectivity index (χ4v) is 2.59. The van der Waals surface area contributed by atoms with E-state index in [1.807, 2.05) is 30.5 Å². The van der Waals surface area contributed by atoms with Crippen LogP contribution in [0.5, 0.6) is 0 Å². The third-order valence-electron chi connectivity index (χ3n) is 3.28. The van der Waals surface area contributed by atoms with Crippen molar-refractivity contribution in [2.45, 2.75) is 25.8 Å². The van der Waals surface area contributed by atoms with Crippen molar-refractivity contribution >= 4 is 15.9 Å². The van der Waals surface area contributed by atoms with E-state index in [2.05, 4.69) is 46.9 Å². The van der Waals surface area contributed by atoms with Crippen LogP contribution < -0.4 is 5.73 Å². The molecule has 0 saturated carbocycles. The van der Waals surface area contributed by atoms with Gasteiger partial charge in [-0.1, -0.05) is 35.0 Å². The molecule has 0 radical (unpaired) electrons. The molecule has 2 unspecified atom stereocenters. The standard InChI is InChI=1S/C15H17BrN2/c1-10-9-12(16)6-7-13(10)15(17)11(2)14-5-3-4-8-18-14/h3-9,11,15H,17H2,1-2H3. The van der Waals surface area contributed by atoms with Crippen LogP contribution in [0.3, 0.4) is 0 Å². The van der Waals surface area contributed by atoms with Crippen LogP contribution in [-0.2, 0) is 0 Å². The molecule has 1 heterocycles. The molecule has 0 amide bonds. The molecule has 0 aliphatic rings. The molecular formula is C15H17BrN2. The van der Waals surface area contributed by atoms with Gasteiger partial charge in [0.15, 0.2) is 0 Å². The molecule has 0 aliphatic carbocycles. The number of hydrogen-bond donors (Lipinski definition) is 1. The van der Waals surface area contributed by atoms with E-state index in [1.54, 1.807) is 0 Å². The predicted molar refractivity (Wildman–Crippen MR) is 78.5 cm³/mol. The first-order valence-corrected chi connectivity index (χ1v) is 6.81. The number of nitrogens with two attached hydrogens (primary N) is 1. The fraction of sp³-hybridized carbons (Fsp3) is 0.267. The minimum atomic E-state index is -0.0343. The van der Waals surface area contributed by atoms with Gasteiger partial charge >= 0.3 is 0 Å². The number of halogens is 1. The highest BCUT2D eigenvalue weighted by atomic mass is 79.9. The van der Waals surface area contributed by atoms with Gasteiger partial charge in [0.05, 0.1) is 0 Å². The Morgan fingerprint density at radius 3 is 2.61 bits per heavy atom. The summed E-state index contributed by atoms with van der Waals surface area (Å²) in [7, 11) is 0. The van der Waals surface area contributed by atoms with Crippen molar-refractivity contribution in [3.8, 4) is 0 Å². The van der Waals surface area contributed by atoms with Crippen molar-refractivity contribution < 1.29 is 0 Å². The van der Waals surface area contributed by atoms with E-state index in [0.717, 1.165) is 10.2 Å². The second-order valence-corrected chi connectivity index (χ2v) is 5.49. The van der Waals surface area contributed by atoms with Crippen molar-refractivity contribution in [2.75, 3.05) is 0 Å². The van der Waals surface area contributed by atoms with Crippen LogP contribution in [0.25, 0.3) is 0 Å². The van der Waals surface area contributed by atoms with E-state index >= 15 is 0 Å². The lowest BCUT2D eigenvalue weighted by atomic mass is 9.90. The first-order chi connectivity index (χ1) is 8.59. The van der Waals surface area contributed by atoms with Crippen LogP contribution in [-0.4, -0.2) is 4.98 Å². The molecule has 0 spiro atoms. The highest BCUT2D eigenvalue weighted by molar-refractivity contribution is 9.10. The van der Waals surface area contributed by atoms with E-state index in [-0.39, 0.29) is 12.0 Å². The van der Waals surface area contributed by atoms with Crippen LogP contribution in [0, 0.1) is 6.92 Å². The molecule has 0 bridgehead atoms. The number of hydrogen-bond acceptors (Lipinski definition) is 2. The maximum Gasteiger partial charge on any atom is 0.0450 e. The van der Waals surface area contributed by atoms with Gasteiger partial charge in [-0.3, -0.25) is 4.98 Å². The zero-order chi connectivity index (χ0) is 13.1. The molecule has 2 atom stereocenters. The summed E-state index contributed by atoms with van der Waals surface area (Å²) in [5, 5.41) is 0. The topological polar surface area (TPSA) is 38.9 Å². The van der Waals surface area contributed by atoms with Gasteiger partial charge in [-0.2, -0.15) is 0 Å². The molecule has 2 nitrogen and oxygen atoms in total. The monoisotopic (exact) mass is 304 g/mol. The number of rotatable bonds is 3. The van der Waals surface area contributed by atoms with Crippen molar-refractivity contribution in [1.82, 2.24) is 4.98 Å². The Morgan fingerprint density at radius 1 is 1.22 bits per heavy atom. The molecule has 0 fully saturated rings. The Kier molecular flexibility index (Phi) is 4.15. The van der Waals surface area contributed by atoms with Gasteiger partial charge in [0.1, 0.15) is 0 Å². The maximum absolute atomic E-state index is 6.37. The zero-order valence-corrected chi connectivity index (χ0v) is 12.2. The van der Waals surface area contributed by atoms with Crippen LogP contribution in [0.2, 0.25) is 0 Å². The molecule has 1 aromatic heterocycles. The van der Waals surface area contributed by atoms with Crippen LogP contribution in [0.1, 0.15) is 35.7 Å². The maximum atomic E-state index is 6.37. The summed E-state index contributed by atoms with van der Waals surface area (Å²) in [6, 6.07) is 12.1. The number of pyridine rings is 1. The molecule has 1 aromatic carbocycles. The summed E-state index contributed by atoms with van der Waals surface area (Å²) in [5.41, 5.74) is 9.79. The number of aromatic nitrogens is 1. The minimum Gasteiger partial charge on any atom is -0.323 e. The van der Waals surface area contributed by atoms with Gasteiger partial charge in [0, 0.05) is 28.3 Å². The van der Waals surface area contributed by atoms with E-state index in [4.69, 9.17) is 5.73 Å². The average Bonchev–Trinajstić information content (AvgIpc) is 2.38. The van der Waals surface area contributed by atoms with Crippen LogP contribution in [0.15, 0.2) is 47.1 Å². The van der Waals surface area contributed by atoms with Crippen molar-refractivity contribution in [2.24, 2.45) is 5.73 Å². The Labute approximate surface area is 116 Å². The summed E-state index contributed by atoms with van der Waals surface area (Å²) in [4.78, 5) is 4.38. The van der Waals surface area contributed by atoms with Crippen LogP contribution in [0.4, 0.5) is 0 Å². The van der Waals surface area contributed by atoms with Gasteiger partial charge in [-0.15, -0.1) is 0 Å². The fourth-order valence-electron chi connectivity index (χ4n) is 2.11. The molecular weight excluding hydrogens is 288 g/mol. The molecule has 2 rings (SSSR count). The van der Waals surface area contributed by atoms with Gasteiger partial charge in [0.2, 0.25) is 0 Å². The highest BCUT2D eigenvalue weighted by Gasteiger charge is 2.19. The molecule has 0 saturated heterocycles. The Bertz CT molecular complexity index is 525. The summed E-state index contributed by atoms with van der Waals surface area (Å²) in [6.07, 6.45) is 1.81. The third kappa shape index (κ3) is 2.79. The van der Waals surface area contributed by atoms with E-state index in [0.29, 0.717) is 0 Å². The molecule has 2 N–H and O–H groups in total. The second-order valence-electron chi connectivity index (χ2n) is 4.57. The Balaban J connectivity index is 2.28. The van der Waals surface area contributed by atoms with Crippen molar-refractivity contribution in [3.05, 3.63) is 63.9 Å². The number of nitrogens with zero attached hydrogens (tertiary/aromatic N) is 1. The minimum absolute atomic E-state index is 0.0343. The first-order valence-electron chi connectivity index (χ1n) is 6.02. The second kappa shape index (κ2) is 5.63. The lowest BCUT2D eigenvalue weighted by Gasteiger charge is -2.21. The lowest BCUT2D eigenvalue weighted by Crippen LogP contribution is -2.19. The van der Waals surface area contributed by atoms with Crippen molar-refractivity contribution in [1.29, 1.82) is 0 Å². The SMILES string of the molecule is Cc1cc(Br)ccc1C(N)C(C)c1ccccn1.